The van der Waals surface area contributed by atoms with Crippen LogP contribution in [-0.4, -0.2) is 94.6 Å². The summed E-state index contributed by atoms with van der Waals surface area (Å²) in [6.45, 7) is 12.5. The molecule has 1 aromatic carbocycles. The highest BCUT2D eigenvalue weighted by molar-refractivity contribution is 6.12. The summed E-state index contributed by atoms with van der Waals surface area (Å²) in [5, 5.41) is 0.264. The van der Waals surface area contributed by atoms with E-state index in [2.05, 4.69) is 11.6 Å². The lowest BCUT2D eigenvalue weighted by Crippen LogP contribution is -2.71. The predicted octanol–water partition coefficient (Wildman–Crippen LogP) is 4.42. The number of aromatic nitrogens is 3. The Balaban J connectivity index is 1.63. The van der Waals surface area contributed by atoms with Gasteiger partial charge in [0.2, 0.25) is 5.91 Å². The van der Waals surface area contributed by atoms with Gasteiger partial charge in [-0.1, -0.05) is 26.5 Å². The van der Waals surface area contributed by atoms with Crippen LogP contribution in [0, 0.1) is 18.6 Å². The van der Waals surface area contributed by atoms with Crippen molar-refractivity contribution in [2.45, 2.75) is 51.7 Å². The van der Waals surface area contributed by atoms with E-state index in [0.29, 0.717) is 35.7 Å². The van der Waals surface area contributed by atoms with Crippen LogP contribution in [0.15, 0.2) is 54.0 Å². The molecule has 0 bridgehead atoms. The first-order chi connectivity index (χ1) is 23.9. The number of piperazine rings is 1. The third kappa shape index (κ3) is 4.97. The maximum absolute atomic E-state index is 16.6. The molecule has 2 saturated heterocycles. The van der Waals surface area contributed by atoms with Crippen LogP contribution in [0.2, 0.25) is 0 Å². The smallest absolute Gasteiger partial charge is 0.283 e. The third-order valence-corrected chi connectivity index (χ3v) is 10.1. The van der Waals surface area contributed by atoms with Crippen molar-refractivity contribution >= 4 is 34.2 Å². The van der Waals surface area contributed by atoms with E-state index in [1.807, 2.05) is 44.5 Å². The van der Waals surface area contributed by atoms with E-state index in [9.17, 15) is 9.59 Å². The standard InChI is InChI=1S/C37H39F2N7O4/c1-8-28(47)43-18-26-36(48)45(22-16-42(6)17-22)34-33(44(26)15-21(43)5)23-14-25(39)31(29-24(38)10-9-11-27(29)50-7)41-35(23)46(37(34)49)32-20(4)12-13-40-30(32)19(2)3/h8-14,19,21-22,26H,1,15-18H2,2-7H3. The van der Waals surface area contributed by atoms with Gasteiger partial charge in [0.05, 0.1) is 42.3 Å². The Labute approximate surface area is 288 Å². The van der Waals surface area contributed by atoms with Gasteiger partial charge in [0, 0.05) is 37.3 Å². The Kier molecular flexibility index (Phi) is 8.20. The van der Waals surface area contributed by atoms with E-state index >= 15 is 13.6 Å². The molecule has 0 spiro atoms. The van der Waals surface area contributed by atoms with Gasteiger partial charge in [-0.05, 0) is 62.7 Å². The molecule has 3 aromatic heterocycles. The first-order valence-electron chi connectivity index (χ1n) is 16.7. The number of amides is 2. The summed E-state index contributed by atoms with van der Waals surface area (Å²) in [7, 11) is 3.29. The topological polar surface area (TPSA) is 104 Å². The molecule has 3 aliphatic rings. The Morgan fingerprint density at radius 3 is 2.46 bits per heavy atom. The van der Waals surface area contributed by atoms with Crippen molar-refractivity contribution in [2.75, 3.05) is 50.1 Å². The predicted molar refractivity (Wildman–Crippen MR) is 187 cm³/mol. The van der Waals surface area contributed by atoms with E-state index in [1.54, 1.807) is 22.1 Å². The Morgan fingerprint density at radius 2 is 1.80 bits per heavy atom. The van der Waals surface area contributed by atoms with Crippen molar-refractivity contribution in [1.29, 1.82) is 0 Å². The van der Waals surface area contributed by atoms with Gasteiger partial charge in [0.1, 0.15) is 29.0 Å². The van der Waals surface area contributed by atoms with Gasteiger partial charge in [-0.2, -0.15) is 0 Å². The first-order valence-corrected chi connectivity index (χ1v) is 16.7. The van der Waals surface area contributed by atoms with E-state index in [0.717, 1.165) is 0 Å². The first kappa shape index (κ1) is 33.3. The van der Waals surface area contributed by atoms with Gasteiger partial charge in [0.15, 0.2) is 11.5 Å². The number of carbonyl (C=O) groups excluding carboxylic acids is 2. The number of aryl methyl sites for hydroxylation is 1. The molecule has 4 aromatic rings. The summed E-state index contributed by atoms with van der Waals surface area (Å²) in [5.41, 5.74) is 1.26. The molecule has 7 rings (SSSR count). The molecule has 0 saturated carbocycles. The van der Waals surface area contributed by atoms with Crippen LogP contribution in [0.25, 0.3) is 28.0 Å². The van der Waals surface area contributed by atoms with Crippen LogP contribution in [0.4, 0.5) is 20.2 Å². The van der Waals surface area contributed by atoms with Gasteiger partial charge >= 0.3 is 0 Å². The molecular formula is C37H39F2N7O4. The lowest BCUT2D eigenvalue weighted by Gasteiger charge is -2.53. The number of anilines is 2. The van der Waals surface area contributed by atoms with Crippen molar-refractivity contribution in [3.8, 4) is 22.7 Å². The Bertz CT molecular complexity index is 2140. The fourth-order valence-electron chi connectivity index (χ4n) is 7.66. The van der Waals surface area contributed by atoms with Gasteiger partial charge in [-0.25, -0.2) is 13.8 Å². The molecule has 3 aliphatic heterocycles. The zero-order valence-electron chi connectivity index (χ0n) is 28.9. The molecule has 2 atom stereocenters. The molecule has 2 unspecified atom stereocenters. The van der Waals surface area contributed by atoms with Crippen LogP contribution < -0.4 is 20.1 Å². The van der Waals surface area contributed by atoms with Crippen molar-refractivity contribution in [1.82, 2.24) is 24.3 Å². The highest BCUT2D eigenvalue weighted by Gasteiger charge is 2.50. The largest absolute Gasteiger partial charge is 0.496 e. The number of ether oxygens (including phenoxy) is 1. The summed E-state index contributed by atoms with van der Waals surface area (Å²) >= 11 is 0. The molecule has 2 fully saturated rings. The quantitative estimate of drug-likeness (QED) is 0.276. The second-order valence-corrected chi connectivity index (χ2v) is 13.7. The maximum atomic E-state index is 16.6. The average molecular weight is 684 g/mol. The molecule has 13 heteroatoms. The number of rotatable bonds is 6. The normalized spacial score (nSPS) is 19.5. The zero-order valence-corrected chi connectivity index (χ0v) is 28.9. The average Bonchev–Trinajstić information content (AvgIpc) is 3.07. The lowest BCUT2D eigenvalue weighted by atomic mass is 9.95. The summed E-state index contributed by atoms with van der Waals surface area (Å²) in [6.07, 6.45) is 2.89. The highest BCUT2D eigenvalue weighted by atomic mass is 19.1. The zero-order chi connectivity index (χ0) is 35.8. The lowest BCUT2D eigenvalue weighted by molar-refractivity contribution is -0.131. The molecule has 50 heavy (non-hydrogen) atoms. The molecule has 11 nitrogen and oxygen atoms in total. The fourth-order valence-corrected chi connectivity index (χ4v) is 7.66. The number of likely N-dealkylation sites (N-methyl/N-ethyl adjacent to an activating group) is 1. The molecule has 0 N–H and O–H groups in total. The second kappa shape index (κ2) is 12.3. The number of hydrogen-bond acceptors (Lipinski definition) is 8. The number of fused-ring (bicyclic) bond motifs is 5. The maximum Gasteiger partial charge on any atom is 0.283 e. The van der Waals surface area contributed by atoms with Crippen LogP contribution >= 0.6 is 0 Å². The van der Waals surface area contributed by atoms with Crippen LogP contribution in [0.5, 0.6) is 5.75 Å². The minimum absolute atomic E-state index is 0.0492. The monoisotopic (exact) mass is 683 g/mol. The minimum Gasteiger partial charge on any atom is -0.496 e. The summed E-state index contributed by atoms with van der Waals surface area (Å²) < 4.78 is 39.0. The van der Waals surface area contributed by atoms with Gasteiger partial charge in [-0.3, -0.25) is 28.8 Å². The second-order valence-electron chi connectivity index (χ2n) is 13.7. The van der Waals surface area contributed by atoms with Crippen molar-refractivity contribution in [3.05, 3.63) is 82.4 Å². The van der Waals surface area contributed by atoms with Crippen LogP contribution in [-0.2, 0) is 9.59 Å². The van der Waals surface area contributed by atoms with E-state index in [1.165, 1.54) is 42.0 Å². The van der Waals surface area contributed by atoms with E-state index in [4.69, 9.17) is 9.72 Å². The summed E-state index contributed by atoms with van der Waals surface area (Å²) in [6, 6.07) is 5.65. The van der Waals surface area contributed by atoms with Crippen LogP contribution in [0.1, 0.15) is 37.9 Å². The summed E-state index contributed by atoms with van der Waals surface area (Å²) in [4.78, 5) is 59.3. The molecule has 260 valence electrons. The molecular weight excluding hydrogens is 644 g/mol. The fraction of sp³-hybridized carbons (Fsp3) is 0.378. The van der Waals surface area contributed by atoms with Crippen molar-refractivity contribution in [3.63, 3.8) is 0 Å². The molecule has 2 amide bonds. The number of carbonyl (C=O) groups is 2. The molecule has 0 radical (unpaired) electrons. The molecule has 0 aliphatic carbocycles. The number of benzene rings is 1. The Hall–Kier alpha value is -5.17. The number of halogens is 2. The third-order valence-electron chi connectivity index (χ3n) is 10.1. The number of likely N-dealkylation sites (tertiary alicyclic amines) is 1. The Morgan fingerprint density at radius 1 is 1.06 bits per heavy atom. The van der Waals surface area contributed by atoms with Crippen molar-refractivity contribution in [2.24, 2.45) is 0 Å². The minimum atomic E-state index is -0.854. The molecule has 6 heterocycles. The van der Waals surface area contributed by atoms with Gasteiger partial charge in [-0.15, -0.1) is 0 Å². The SMILES string of the molecule is C=CC(=O)N1CC2C(=O)N(C3CN(C)C3)c3c(c4cc(F)c(-c5c(F)cccc5OC)nc4n(-c4c(C)ccnc4C(C)C)c3=O)N2CC1C. The van der Waals surface area contributed by atoms with Gasteiger partial charge < -0.3 is 19.4 Å². The van der Waals surface area contributed by atoms with Crippen LogP contribution in [0.3, 0.4) is 0 Å². The number of hydrogen-bond donors (Lipinski definition) is 0. The van der Waals surface area contributed by atoms with E-state index < -0.39 is 23.2 Å². The highest BCUT2D eigenvalue weighted by Crippen LogP contribution is 2.45. The van der Waals surface area contributed by atoms with Gasteiger partial charge in [0.25, 0.3) is 11.5 Å². The number of pyridine rings is 3. The van der Waals surface area contributed by atoms with Crippen molar-refractivity contribution < 1.29 is 23.1 Å². The number of methoxy groups -OCH3 is 1. The summed E-state index contributed by atoms with van der Waals surface area (Å²) in [5.74, 6) is -2.27. The van der Waals surface area contributed by atoms with E-state index in [-0.39, 0.29) is 76.6 Å². The number of nitrogens with zero attached hydrogens (tertiary/aromatic N) is 7.